The summed E-state index contributed by atoms with van der Waals surface area (Å²) in [5.41, 5.74) is 1.65. The maximum absolute atomic E-state index is 12.2. The second kappa shape index (κ2) is 6.17. The van der Waals surface area contributed by atoms with Crippen LogP contribution in [0.1, 0.15) is 0 Å². The third-order valence-corrected chi connectivity index (χ3v) is 4.26. The van der Waals surface area contributed by atoms with Crippen LogP contribution in [0.15, 0.2) is 54.9 Å². The summed E-state index contributed by atoms with van der Waals surface area (Å²) in [5, 5.41) is 17.1. The van der Waals surface area contributed by atoms with Crippen LogP contribution in [0.4, 0.5) is 5.13 Å². The quantitative estimate of drug-likeness (QED) is 0.619. The van der Waals surface area contributed by atoms with Crippen molar-refractivity contribution in [1.82, 2.24) is 25.0 Å². The normalized spacial score (nSPS) is 10.8. The van der Waals surface area contributed by atoms with Gasteiger partial charge in [0.2, 0.25) is 11.0 Å². The van der Waals surface area contributed by atoms with Gasteiger partial charge in [-0.25, -0.2) is 0 Å². The molecule has 0 aliphatic heterocycles. The number of amides is 1. The Labute approximate surface area is 141 Å². The number of carbonyl (C=O) groups is 1. The predicted molar refractivity (Wildman–Crippen MR) is 91.5 cm³/mol. The molecule has 0 bridgehead atoms. The molecule has 1 amide bonds. The van der Waals surface area contributed by atoms with E-state index in [2.05, 4.69) is 25.6 Å². The molecule has 0 fully saturated rings. The van der Waals surface area contributed by atoms with Crippen LogP contribution >= 0.6 is 11.3 Å². The van der Waals surface area contributed by atoms with Gasteiger partial charge in [0.05, 0.1) is 11.7 Å². The molecule has 0 unspecified atom stereocenters. The van der Waals surface area contributed by atoms with Crippen LogP contribution < -0.4 is 5.32 Å². The molecule has 0 aliphatic carbocycles. The molecule has 8 heteroatoms. The molecule has 0 saturated carbocycles. The van der Waals surface area contributed by atoms with E-state index in [0.29, 0.717) is 10.1 Å². The maximum Gasteiger partial charge on any atom is 0.247 e. The number of pyridine rings is 1. The van der Waals surface area contributed by atoms with Crippen molar-refractivity contribution >= 4 is 33.3 Å². The Morgan fingerprint density at radius 3 is 2.88 bits per heavy atom. The lowest BCUT2D eigenvalue weighted by Gasteiger charge is -2.03. The molecule has 24 heavy (non-hydrogen) atoms. The number of carbonyl (C=O) groups excluding carboxylic acids is 1. The zero-order valence-corrected chi connectivity index (χ0v) is 13.3. The summed E-state index contributed by atoms with van der Waals surface area (Å²) in [6.45, 7) is 0.117. The van der Waals surface area contributed by atoms with Crippen LogP contribution in [0.2, 0.25) is 0 Å². The molecule has 0 spiro atoms. The standard InChI is InChI=1S/C16H12N6OS/c23-14(10-22-13-7-2-1-5-11(13)9-18-22)19-16-21-20-15(24-16)12-6-3-4-8-17-12/h1-9H,10H2,(H,19,21,23). The Bertz CT molecular complexity index is 994. The van der Waals surface area contributed by atoms with E-state index in [4.69, 9.17) is 0 Å². The summed E-state index contributed by atoms with van der Waals surface area (Å²) in [5.74, 6) is -0.201. The zero-order chi connectivity index (χ0) is 16.4. The number of aromatic nitrogens is 5. The summed E-state index contributed by atoms with van der Waals surface area (Å²) < 4.78 is 1.66. The molecule has 3 heterocycles. The second-order valence-electron chi connectivity index (χ2n) is 5.04. The Morgan fingerprint density at radius 2 is 2.00 bits per heavy atom. The van der Waals surface area contributed by atoms with Crippen molar-refractivity contribution in [1.29, 1.82) is 0 Å². The molecule has 0 saturated heterocycles. The number of nitrogens with one attached hydrogen (secondary N) is 1. The summed E-state index contributed by atoms with van der Waals surface area (Å²) in [7, 11) is 0. The van der Waals surface area contributed by atoms with E-state index in [1.165, 1.54) is 11.3 Å². The lowest BCUT2D eigenvalue weighted by atomic mass is 10.2. The van der Waals surface area contributed by atoms with Gasteiger partial charge in [0.1, 0.15) is 12.2 Å². The van der Waals surface area contributed by atoms with Crippen molar-refractivity contribution in [3.8, 4) is 10.7 Å². The highest BCUT2D eigenvalue weighted by Crippen LogP contribution is 2.24. The number of hydrogen-bond donors (Lipinski definition) is 1. The first-order valence-electron chi connectivity index (χ1n) is 7.25. The molecule has 4 rings (SSSR count). The number of hydrogen-bond acceptors (Lipinski definition) is 6. The van der Waals surface area contributed by atoms with E-state index >= 15 is 0 Å². The second-order valence-corrected chi connectivity index (χ2v) is 6.01. The van der Waals surface area contributed by atoms with Gasteiger partial charge in [0, 0.05) is 11.6 Å². The highest BCUT2D eigenvalue weighted by Gasteiger charge is 2.12. The molecule has 0 aliphatic rings. The molecule has 7 nitrogen and oxygen atoms in total. The van der Waals surface area contributed by atoms with E-state index < -0.39 is 0 Å². The van der Waals surface area contributed by atoms with Gasteiger partial charge in [-0.05, 0) is 18.2 Å². The molecular weight excluding hydrogens is 324 g/mol. The third kappa shape index (κ3) is 2.86. The van der Waals surface area contributed by atoms with Gasteiger partial charge in [-0.3, -0.25) is 19.8 Å². The lowest BCUT2D eigenvalue weighted by molar-refractivity contribution is -0.116. The Kier molecular flexibility index (Phi) is 3.72. The summed E-state index contributed by atoms with van der Waals surface area (Å²) in [6, 6.07) is 13.3. The molecule has 3 aromatic heterocycles. The number of fused-ring (bicyclic) bond motifs is 1. The summed E-state index contributed by atoms with van der Waals surface area (Å²) in [6.07, 6.45) is 3.44. The van der Waals surface area contributed by atoms with Crippen LogP contribution in [0.25, 0.3) is 21.6 Å². The summed E-state index contributed by atoms with van der Waals surface area (Å²) in [4.78, 5) is 16.4. The zero-order valence-electron chi connectivity index (χ0n) is 12.5. The van der Waals surface area contributed by atoms with Crippen LogP contribution in [0.5, 0.6) is 0 Å². The van der Waals surface area contributed by atoms with Crippen LogP contribution in [-0.2, 0) is 11.3 Å². The number of benzene rings is 1. The van der Waals surface area contributed by atoms with Gasteiger partial charge >= 0.3 is 0 Å². The minimum absolute atomic E-state index is 0.117. The smallest absolute Gasteiger partial charge is 0.247 e. The van der Waals surface area contributed by atoms with Crippen LogP contribution in [0.3, 0.4) is 0 Å². The van der Waals surface area contributed by atoms with Gasteiger partial charge in [-0.15, -0.1) is 10.2 Å². The fourth-order valence-electron chi connectivity index (χ4n) is 2.31. The number of rotatable bonds is 4. The molecule has 0 radical (unpaired) electrons. The Hall–Kier alpha value is -3.13. The van der Waals surface area contributed by atoms with Gasteiger partial charge in [-0.2, -0.15) is 5.10 Å². The van der Waals surface area contributed by atoms with E-state index in [-0.39, 0.29) is 12.5 Å². The highest BCUT2D eigenvalue weighted by molar-refractivity contribution is 7.18. The van der Waals surface area contributed by atoms with Crippen molar-refractivity contribution in [3.63, 3.8) is 0 Å². The largest absolute Gasteiger partial charge is 0.299 e. The Morgan fingerprint density at radius 1 is 1.12 bits per heavy atom. The van der Waals surface area contributed by atoms with E-state index in [9.17, 15) is 4.79 Å². The van der Waals surface area contributed by atoms with Crippen molar-refractivity contribution in [2.45, 2.75) is 6.54 Å². The van der Waals surface area contributed by atoms with Crippen LogP contribution in [0, 0.1) is 0 Å². The molecule has 0 atom stereocenters. The highest BCUT2D eigenvalue weighted by atomic mass is 32.1. The monoisotopic (exact) mass is 336 g/mol. The molecular formula is C16H12N6OS. The third-order valence-electron chi connectivity index (χ3n) is 3.40. The van der Waals surface area contributed by atoms with Gasteiger partial charge in [-0.1, -0.05) is 35.6 Å². The number of para-hydroxylation sites is 1. The molecule has 4 aromatic rings. The minimum Gasteiger partial charge on any atom is -0.299 e. The predicted octanol–water partition coefficient (Wildman–Crippen LogP) is 2.59. The maximum atomic E-state index is 12.2. The van der Waals surface area contributed by atoms with Gasteiger partial charge in [0.15, 0.2) is 5.01 Å². The summed E-state index contributed by atoms with van der Waals surface area (Å²) >= 11 is 1.28. The molecule has 118 valence electrons. The van der Waals surface area contributed by atoms with Crippen molar-refractivity contribution in [3.05, 3.63) is 54.9 Å². The first-order chi connectivity index (χ1) is 11.8. The molecule has 1 N–H and O–H groups in total. The molecule has 1 aromatic carbocycles. The Balaban J connectivity index is 1.48. The van der Waals surface area contributed by atoms with Gasteiger partial charge < -0.3 is 0 Å². The SMILES string of the molecule is O=C(Cn1ncc2ccccc21)Nc1nnc(-c2ccccn2)s1. The first kappa shape index (κ1) is 14.5. The van der Waals surface area contributed by atoms with E-state index in [1.54, 1.807) is 17.1 Å². The van der Waals surface area contributed by atoms with E-state index in [0.717, 1.165) is 16.6 Å². The number of anilines is 1. The number of nitrogens with zero attached hydrogens (tertiary/aromatic N) is 5. The lowest BCUT2D eigenvalue weighted by Crippen LogP contribution is -2.19. The van der Waals surface area contributed by atoms with Crippen molar-refractivity contribution < 1.29 is 4.79 Å². The first-order valence-corrected chi connectivity index (χ1v) is 8.06. The fourth-order valence-corrected chi connectivity index (χ4v) is 3.05. The van der Waals surface area contributed by atoms with Crippen molar-refractivity contribution in [2.75, 3.05) is 5.32 Å². The minimum atomic E-state index is -0.201. The topological polar surface area (TPSA) is 85.6 Å². The fraction of sp³-hybridized carbons (Fsp3) is 0.0625. The van der Waals surface area contributed by atoms with Crippen LogP contribution in [-0.4, -0.2) is 30.9 Å². The van der Waals surface area contributed by atoms with Crippen molar-refractivity contribution in [2.24, 2.45) is 0 Å². The average Bonchev–Trinajstić information content (AvgIpc) is 3.23. The van der Waals surface area contributed by atoms with Gasteiger partial charge in [0.25, 0.3) is 0 Å². The average molecular weight is 336 g/mol. The van der Waals surface area contributed by atoms with E-state index in [1.807, 2.05) is 42.5 Å².